The molecule has 104 valence electrons. The molecule has 2 N–H and O–H groups in total. The van der Waals surface area contributed by atoms with Gasteiger partial charge in [0.05, 0.1) is 0 Å². The third-order valence-corrected chi connectivity index (χ3v) is 2.81. The molecule has 5 heteroatoms. The Bertz CT molecular complexity index is 463. The normalized spacial score (nSPS) is 12.9. The van der Waals surface area contributed by atoms with Crippen LogP contribution in [0.3, 0.4) is 0 Å². The summed E-state index contributed by atoms with van der Waals surface area (Å²) in [6, 6.07) is 5.98. The Kier molecular flexibility index (Phi) is 5.26. The molecule has 0 spiro atoms. The van der Waals surface area contributed by atoms with E-state index in [2.05, 4.69) is 15.9 Å². The van der Waals surface area contributed by atoms with E-state index >= 15 is 0 Å². The van der Waals surface area contributed by atoms with Crippen molar-refractivity contribution in [3.63, 3.8) is 0 Å². The number of benzene rings is 1. The average Bonchev–Trinajstić information content (AvgIpc) is 2.27. The van der Waals surface area contributed by atoms with Gasteiger partial charge in [-0.1, -0.05) is 28.1 Å². The van der Waals surface area contributed by atoms with Gasteiger partial charge in [-0.05, 0) is 32.9 Å². The summed E-state index contributed by atoms with van der Waals surface area (Å²) < 4.78 is 6.02. The van der Waals surface area contributed by atoms with Gasteiger partial charge in [-0.15, -0.1) is 0 Å². The largest absolute Gasteiger partial charge is 0.459 e. The summed E-state index contributed by atoms with van der Waals surface area (Å²) in [7, 11) is 0. The Morgan fingerprint density at radius 3 is 2.26 bits per heavy atom. The van der Waals surface area contributed by atoms with Crippen molar-refractivity contribution in [3.8, 4) is 0 Å². The van der Waals surface area contributed by atoms with Gasteiger partial charge in [-0.3, -0.25) is 9.59 Å². The fraction of sp³-hybridized carbons (Fsp3) is 0.429. The fourth-order valence-electron chi connectivity index (χ4n) is 1.41. The molecule has 0 heterocycles. The van der Waals surface area contributed by atoms with Crippen LogP contribution in [0.15, 0.2) is 28.7 Å². The van der Waals surface area contributed by atoms with Gasteiger partial charge in [0.2, 0.25) is 0 Å². The smallest absolute Gasteiger partial charge is 0.323 e. The minimum absolute atomic E-state index is 0.0590. The zero-order chi connectivity index (χ0) is 14.6. The van der Waals surface area contributed by atoms with Crippen molar-refractivity contribution in [2.75, 3.05) is 0 Å². The van der Waals surface area contributed by atoms with Crippen LogP contribution in [0.2, 0.25) is 0 Å². The Labute approximate surface area is 121 Å². The fourth-order valence-corrected chi connectivity index (χ4v) is 1.68. The summed E-state index contributed by atoms with van der Waals surface area (Å²) in [6.07, 6.45) is -0.0590. The van der Waals surface area contributed by atoms with Crippen molar-refractivity contribution in [3.05, 3.63) is 34.3 Å². The molecular weight excluding hydrogens is 310 g/mol. The van der Waals surface area contributed by atoms with E-state index in [0.29, 0.717) is 5.56 Å². The van der Waals surface area contributed by atoms with Gasteiger partial charge in [0, 0.05) is 16.5 Å². The molecule has 0 amide bonds. The van der Waals surface area contributed by atoms with Gasteiger partial charge < -0.3 is 10.5 Å². The summed E-state index contributed by atoms with van der Waals surface area (Å²) in [5, 5.41) is 0. The number of ketones is 1. The molecule has 0 radical (unpaired) electrons. The highest BCUT2D eigenvalue weighted by atomic mass is 79.9. The van der Waals surface area contributed by atoms with E-state index in [1.165, 1.54) is 0 Å². The Morgan fingerprint density at radius 2 is 1.79 bits per heavy atom. The van der Waals surface area contributed by atoms with Gasteiger partial charge in [0.1, 0.15) is 11.6 Å². The van der Waals surface area contributed by atoms with E-state index in [-0.39, 0.29) is 12.2 Å². The van der Waals surface area contributed by atoms with Crippen molar-refractivity contribution in [2.45, 2.75) is 38.8 Å². The highest BCUT2D eigenvalue weighted by Crippen LogP contribution is 2.14. The van der Waals surface area contributed by atoms with E-state index in [1.807, 2.05) is 0 Å². The summed E-state index contributed by atoms with van der Waals surface area (Å²) in [6.45, 7) is 5.27. The summed E-state index contributed by atoms with van der Waals surface area (Å²) in [5.74, 6) is -0.733. The summed E-state index contributed by atoms with van der Waals surface area (Å²) in [5.41, 5.74) is 5.62. The number of ether oxygens (including phenoxy) is 1. The first-order chi connectivity index (χ1) is 8.69. The molecule has 0 aliphatic heterocycles. The van der Waals surface area contributed by atoms with Crippen molar-refractivity contribution in [1.29, 1.82) is 0 Å². The third-order valence-electron chi connectivity index (χ3n) is 2.28. The number of Topliss-reactive ketones (excluding diaryl/α,β-unsaturated/α-hetero) is 1. The molecule has 19 heavy (non-hydrogen) atoms. The molecule has 1 rings (SSSR count). The molecule has 0 saturated carbocycles. The first kappa shape index (κ1) is 15.9. The number of halogens is 1. The van der Waals surface area contributed by atoms with Crippen molar-refractivity contribution < 1.29 is 14.3 Å². The maximum Gasteiger partial charge on any atom is 0.323 e. The van der Waals surface area contributed by atoms with E-state index in [4.69, 9.17) is 10.5 Å². The van der Waals surface area contributed by atoms with E-state index in [0.717, 1.165) is 4.47 Å². The molecule has 0 aromatic heterocycles. The predicted molar refractivity (Wildman–Crippen MR) is 76.9 cm³/mol. The molecule has 0 aliphatic carbocycles. The standard InChI is InChI=1S/C14H18BrNO3/c1-14(2,3)19-13(18)11(16)8-12(17)9-4-6-10(15)7-5-9/h4-7,11H,8,16H2,1-3H3. The molecule has 0 fully saturated rings. The molecule has 1 aromatic rings. The number of nitrogens with two attached hydrogens (primary N) is 1. The molecule has 0 bridgehead atoms. The first-order valence-electron chi connectivity index (χ1n) is 5.96. The van der Waals surface area contributed by atoms with Crippen molar-refractivity contribution in [2.24, 2.45) is 5.73 Å². The Morgan fingerprint density at radius 1 is 1.26 bits per heavy atom. The van der Waals surface area contributed by atoms with Crippen LogP contribution in [0.1, 0.15) is 37.6 Å². The number of rotatable bonds is 4. The first-order valence-corrected chi connectivity index (χ1v) is 6.75. The lowest BCUT2D eigenvalue weighted by molar-refractivity contribution is -0.156. The molecule has 0 aliphatic rings. The molecule has 4 nitrogen and oxygen atoms in total. The monoisotopic (exact) mass is 327 g/mol. The lowest BCUT2D eigenvalue weighted by atomic mass is 10.0. The Balaban J connectivity index is 2.61. The van der Waals surface area contributed by atoms with Gasteiger partial charge in [-0.2, -0.15) is 0 Å². The Hall–Kier alpha value is -1.20. The zero-order valence-electron chi connectivity index (χ0n) is 11.3. The molecular formula is C14H18BrNO3. The number of hydrogen-bond acceptors (Lipinski definition) is 4. The van der Waals surface area contributed by atoms with E-state index < -0.39 is 17.6 Å². The second-order valence-corrected chi connectivity index (χ2v) is 6.19. The van der Waals surface area contributed by atoms with Gasteiger partial charge in [-0.25, -0.2) is 0 Å². The van der Waals surface area contributed by atoms with Crippen LogP contribution in [0.25, 0.3) is 0 Å². The van der Waals surface area contributed by atoms with Crippen LogP contribution < -0.4 is 5.73 Å². The van der Waals surface area contributed by atoms with Crippen molar-refractivity contribution in [1.82, 2.24) is 0 Å². The van der Waals surface area contributed by atoms with Gasteiger partial charge >= 0.3 is 5.97 Å². The van der Waals surface area contributed by atoms with Crippen LogP contribution >= 0.6 is 15.9 Å². The molecule has 1 unspecified atom stereocenters. The molecule has 1 atom stereocenters. The summed E-state index contributed by atoms with van der Waals surface area (Å²) >= 11 is 3.29. The van der Waals surface area contributed by atoms with Crippen LogP contribution in [0.5, 0.6) is 0 Å². The lowest BCUT2D eigenvalue weighted by Crippen LogP contribution is -2.38. The number of carbonyl (C=O) groups is 2. The highest BCUT2D eigenvalue weighted by Gasteiger charge is 2.24. The number of hydrogen-bond donors (Lipinski definition) is 1. The SMILES string of the molecule is CC(C)(C)OC(=O)C(N)CC(=O)c1ccc(Br)cc1. The maximum absolute atomic E-state index is 11.9. The maximum atomic E-state index is 11.9. The number of esters is 1. The minimum atomic E-state index is -0.935. The average molecular weight is 328 g/mol. The third kappa shape index (κ3) is 5.53. The van der Waals surface area contributed by atoms with Crippen LogP contribution in [-0.2, 0) is 9.53 Å². The second kappa shape index (κ2) is 6.30. The van der Waals surface area contributed by atoms with Crippen molar-refractivity contribution >= 4 is 27.7 Å². The molecule has 0 saturated heterocycles. The van der Waals surface area contributed by atoms with Crippen LogP contribution in [0.4, 0.5) is 0 Å². The second-order valence-electron chi connectivity index (χ2n) is 5.27. The van der Waals surface area contributed by atoms with E-state index in [9.17, 15) is 9.59 Å². The minimum Gasteiger partial charge on any atom is -0.459 e. The van der Waals surface area contributed by atoms with E-state index in [1.54, 1.807) is 45.0 Å². The highest BCUT2D eigenvalue weighted by molar-refractivity contribution is 9.10. The van der Waals surface area contributed by atoms with Crippen LogP contribution in [-0.4, -0.2) is 23.4 Å². The predicted octanol–water partition coefficient (Wildman–Crippen LogP) is 2.69. The molecule has 1 aromatic carbocycles. The van der Waals surface area contributed by atoms with Gasteiger partial charge in [0.15, 0.2) is 5.78 Å². The topological polar surface area (TPSA) is 69.4 Å². The van der Waals surface area contributed by atoms with Crippen LogP contribution in [0, 0.1) is 0 Å². The lowest BCUT2D eigenvalue weighted by Gasteiger charge is -2.21. The summed E-state index contributed by atoms with van der Waals surface area (Å²) in [4.78, 5) is 23.6. The zero-order valence-corrected chi connectivity index (χ0v) is 12.9. The van der Waals surface area contributed by atoms with Gasteiger partial charge in [0.25, 0.3) is 0 Å². The quantitative estimate of drug-likeness (QED) is 0.681. The number of carbonyl (C=O) groups excluding carboxylic acids is 2.